The van der Waals surface area contributed by atoms with Gasteiger partial charge >= 0.3 is 0 Å². The van der Waals surface area contributed by atoms with Crippen LogP contribution < -0.4 is 10.6 Å². The number of aryl methyl sites for hydroxylation is 1. The first-order chi connectivity index (χ1) is 16.1. The fourth-order valence-corrected chi connectivity index (χ4v) is 5.06. The van der Waals surface area contributed by atoms with Gasteiger partial charge in [-0.3, -0.25) is 9.59 Å². The lowest BCUT2D eigenvalue weighted by Gasteiger charge is -2.17. The van der Waals surface area contributed by atoms with Crippen LogP contribution in [0.25, 0.3) is 0 Å². The number of phenolic OH excluding ortho intramolecular Hbond substituents is 1. The van der Waals surface area contributed by atoms with E-state index in [0.717, 1.165) is 5.56 Å². The molecule has 0 fully saturated rings. The normalized spacial score (nSPS) is 11.8. The Labute approximate surface area is 197 Å². The molecule has 1 unspecified atom stereocenters. The molecule has 8 nitrogen and oxygen atoms in total. The lowest BCUT2D eigenvalue weighted by molar-refractivity contribution is -0.115. The molecule has 3 aromatic carbocycles. The summed E-state index contributed by atoms with van der Waals surface area (Å²) in [5.74, 6) is -1.53. The highest BCUT2D eigenvalue weighted by Gasteiger charge is 2.32. The van der Waals surface area contributed by atoms with Gasteiger partial charge in [-0.15, -0.1) is 0 Å². The summed E-state index contributed by atoms with van der Waals surface area (Å²) >= 11 is 0. The molecule has 0 saturated heterocycles. The van der Waals surface area contributed by atoms with Crippen molar-refractivity contribution in [2.75, 3.05) is 10.6 Å². The van der Waals surface area contributed by atoms with Crippen LogP contribution in [0.5, 0.6) is 5.75 Å². The van der Waals surface area contributed by atoms with Crippen LogP contribution in [0, 0.1) is 18.3 Å². The van der Waals surface area contributed by atoms with Gasteiger partial charge in [0.15, 0.2) is 9.84 Å². The molecule has 34 heavy (non-hydrogen) atoms. The summed E-state index contributed by atoms with van der Waals surface area (Å²) in [5, 5.41) is 22.9. The van der Waals surface area contributed by atoms with Crippen LogP contribution in [-0.2, 0) is 14.6 Å². The third-order valence-electron chi connectivity index (χ3n) is 5.15. The van der Waals surface area contributed by atoms with Crippen LogP contribution in [0.15, 0.2) is 71.6 Å². The van der Waals surface area contributed by atoms with Gasteiger partial charge in [-0.2, -0.15) is 5.26 Å². The third-order valence-corrected chi connectivity index (χ3v) is 7.35. The van der Waals surface area contributed by atoms with Gasteiger partial charge in [0.25, 0.3) is 5.91 Å². The van der Waals surface area contributed by atoms with Crippen LogP contribution in [0.3, 0.4) is 0 Å². The van der Waals surface area contributed by atoms with Gasteiger partial charge in [0, 0.05) is 17.3 Å². The number of hydrogen-bond acceptors (Lipinski definition) is 6. The molecule has 2 amide bonds. The Morgan fingerprint density at radius 2 is 1.74 bits per heavy atom. The highest BCUT2D eigenvalue weighted by molar-refractivity contribution is 7.92. The number of rotatable bonds is 7. The molecule has 3 aromatic rings. The molecule has 0 bridgehead atoms. The van der Waals surface area contributed by atoms with Crippen LogP contribution in [-0.4, -0.2) is 30.6 Å². The standard InChI is InChI=1S/C25H23N3O5S/c1-3-23(34(32,33)20-6-4-5-16(2)13-20)25(31)27-19-11-12-21(22(29)14-19)28-24(30)18-9-7-17(15-26)8-10-18/h4-14,23,29H,3H2,1-2H3,(H,27,31)(H,28,30). The van der Waals surface area contributed by atoms with Crippen molar-refractivity contribution in [3.05, 3.63) is 83.4 Å². The quantitative estimate of drug-likeness (QED) is 0.440. The van der Waals surface area contributed by atoms with Crippen molar-refractivity contribution in [1.29, 1.82) is 5.26 Å². The van der Waals surface area contributed by atoms with Crippen molar-refractivity contribution in [2.45, 2.75) is 30.4 Å². The molecule has 174 valence electrons. The van der Waals surface area contributed by atoms with E-state index in [2.05, 4.69) is 10.6 Å². The van der Waals surface area contributed by atoms with Crippen LogP contribution in [0.2, 0.25) is 0 Å². The Hall–Kier alpha value is -4.16. The second kappa shape index (κ2) is 10.2. The van der Waals surface area contributed by atoms with Crippen molar-refractivity contribution >= 4 is 33.0 Å². The van der Waals surface area contributed by atoms with Crippen molar-refractivity contribution < 1.29 is 23.1 Å². The molecule has 0 aliphatic carbocycles. The van der Waals surface area contributed by atoms with E-state index < -0.39 is 26.9 Å². The minimum absolute atomic E-state index is 0.0623. The minimum atomic E-state index is -3.91. The summed E-state index contributed by atoms with van der Waals surface area (Å²) in [5.41, 5.74) is 1.75. The van der Waals surface area contributed by atoms with Gasteiger partial charge in [-0.1, -0.05) is 19.1 Å². The molecular weight excluding hydrogens is 454 g/mol. The molecule has 1 atom stereocenters. The Bertz CT molecular complexity index is 1380. The Kier molecular flexibility index (Phi) is 7.34. The highest BCUT2D eigenvalue weighted by atomic mass is 32.2. The van der Waals surface area contributed by atoms with E-state index in [1.54, 1.807) is 26.0 Å². The monoisotopic (exact) mass is 477 g/mol. The van der Waals surface area contributed by atoms with E-state index >= 15 is 0 Å². The number of aromatic hydroxyl groups is 1. The van der Waals surface area contributed by atoms with Crippen molar-refractivity contribution in [3.8, 4) is 11.8 Å². The SMILES string of the molecule is CCC(C(=O)Nc1ccc(NC(=O)c2ccc(C#N)cc2)c(O)c1)S(=O)(=O)c1cccc(C)c1. The maximum absolute atomic E-state index is 13.0. The average molecular weight is 478 g/mol. The fraction of sp³-hybridized carbons (Fsp3) is 0.160. The first-order valence-electron chi connectivity index (χ1n) is 10.4. The Balaban J connectivity index is 1.74. The maximum Gasteiger partial charge on any atom is 0.255 e. The van der Waals surface area contributed by atoms with Gasteiger partial charge in [0.2, 0.25) is 5.91 Å². The smallest absolute Gasteiger partial charge is 0.255 e. The zero-order valence-corrected chi connectivity index (χ0v) is 19.4. The molecule has 9 heteroatoms. The number of benzene rings is 3. The number of carbonyl (C=O) groups excluding carboxylic acids is 2. The van der Waals surface area contributed by atoms with E-state index in [4.69, 9.17) is 5.26 Å². The predicted octanol–water partition coefficient (Wildman–Crippen LogP) is 4.02. The van der Waals surface area contributed by atoms with Gasteiger partial charge in [-0.05, 0) is 67.4 Å². The van der Waals surface area contributed by atoms with E-state index in [9.17, 15) is 23.1 Å². The molecule has 3 N–H and O–H groups in total. The first-order valence-corrected chi connectivity index (χ1v) is 12.0. The van der Waals surface area contributed by atoms with E-state index in [0.29, 0.717) is 11.1 Å². The molecule has 0 saturated carbocycles. The van der Waals surface area contributed by atoms with Gasteiger partial charge in [0.05, 0.1) is 22.2 Å². The molecule has 0 aliphatic rings. The zero-order valence-electron chi connectivity index (χ0n) is 18.6. The number of nitrogens with one attached hydrogen (secondary N) is 2. The van der Waals surface area contributed by atoms with Crippen LogP contribution in [0.1, 0.15) is 34.8 Å². The first kappa shape index (κ1) is 24.5. The number of phenols is 1. The highest BCUT2D eigenvalue weighted by Crippen LogP contribution is 2.28. The largest absolute Gasteiger partial charge is 0.506 e. The lowest BCUT2D eigenvalue weighted by Crippen LogP contribution is -2.34. The van der Waals surface area contributed by atoms with Crippen LogP contribution >= 0.6 is 0 Å². The number of hydrogen-bond donors (Lipinski definition) is 3. The molecule has 0 radical (unpaired) electrons. The second-order valence-electron chi connectivity index (χ2n) is 7.62. The zero-order chi connectivity index (χ0) is 24.9. The molecule has 3 rings (SSSR count). The summed E-state index contributed by atoms with van der Waals surface area (Å²) < 4.78 is 26.0. The second-order valence-corrected chi connectivity index (χ2v) is 9.75. The third kappa shape index (κ3) is 5.42. The van der Waals surface area contributed by atoms with E-state index in [1.165, 1.54) is 54.6 Å². The molecule has 0 spiro atoms. The summed E-state index contributed by atoms with van der Waals surface area (Å²) in [7, 11) is -3.91. The number of nitriles is 1. The summed E-state index contributed by atoms with van der Waals surface area (Å²) in [6, 6.07) is 18.4. The summed E-state index contributed by atoms with van der Waals surface area (Å²) in [4.78, 5) is 25.2. The minimum Gasteiger partial charge on any atom is -0.506 e. The molecular formula is C25H23N3O5S. The van der Waals surface area contributed by atoms with Crippen molar-refractivity contribution in [2.24, 2.45) is 0 Å². The summed E-state index contributed by atoms with van der Waals surface area (Å²) in [6.45, 7) is 3.38. The Morgan fingerprint density at radius 1 is 1.03 bits per heavy atom. The van der Waals surface area contributed by atoms with E-state index in [1.807, 2.05) is 6.07 Å². The number of nitrogens with zero attached hydrogens (tertiary/aromatic N) is 1. The average Bonchev–Trinajstić information content (AvgIpc) is 2.81. The van der Waals surface area contributed by atoms with Crippen molar-refractivity contribution in [1.82, 2.24) is 0 Å². The molecule has 0 heterocycles. The number of sulfone groups is 1. The predicted molar refractivity (Wildman–Crippen MR) is 128 cm³/mol. The fourth-order valence-electron chi connectivity index (χ4n) is 3.33. The van der Waals surface area contributed by atoms with E-state index in [-0.39, 0.29) is 28.4 Å². The number of carbonyl (C=O) groups is 2. The van der Waals surface area contributed by atoms with Crippen LogP contribution in [0.4, 0.5) is 11.4 Å². The molecule has 0 aliphatic heterocycles. The van der Waals surface area contributed by atoms with Crippen molar-refractivity contribution in [3.63, 3.8) is 0 Å². The maximum atomic E-state index is 13.0. The summed E-state index contributed by atoms with van der Waals surface area (Å²) in [6.07, 6.45) is 0.0623. The number of amides is 2. The van der Waals surface area contributed by atoms with Gasteiger partial charge in [0.1, 0.15) is 11.0 Å². The lowest BCUT2D eigenvalue weighted by atomic mass is 10.1. The Morgan fingerprint density at radius 3 is 2.32 bits per heavy atom. The van der Waals surface area contributed by atoms with Gasteiger partial charge in [-0.25, -0.2) is 8.42 Å². The molecule has 0 aromatic heterocycles. The number of anilines is 2. The van der Waals surface area contributed by atoms with Gasteiger partial charge < -0.3 is 15.7 Å². The topological polar surface area (TPSA) is 136 Å².